The van der Waals surface area contributed by atoms with E-state index in [4.69, 9.17) is 37.1 Å². The summed E-state index contributed by atoms with van der Waals surface area (Å²) in [4.78, 5) is 12.3. The van der Waals surface area contributed by atoms with Crippen molar-refractivity contribution < 1.29 is 23.8 Å². The van der Waals surface area contributed by atoms with E-state index in [9.17, 15) is 9.90 Å². The molecular formula is C21H16Cl2O5. The minimum absolute atomic E-state index is 0.0292. The first-order valence-electron chi connectivity index (χ1n) is 8.22. The maximum Gasteiger partial charge on any atom is 0.186 e. The Bertz CT molecular complexity index is 1020. The highest BCUT2D eigenvalue weighted by molar-refractivity contribution is 6.34. The van der Waals surface area contributed by atoms with Gasteiger partial charge in [0.05, 0.1) is 12.1 Å². The van der Waals surface area contributed by atoms with Crippen LogP contribution in [0.4, 0.5) is 0 Å². The van der Waals surface area contributed by atoms with Gasteiger partial charge in [0, 0.05) is 16.7 Å². The largest absolute Gasteiger partial charge is 0.504 e. The van der Waals surface area contributed by atoms with Crippen LogP contribution in [0.3, 0.4) is 0 Å². The molecule has 0 aliphatic rings. The molecule has 0 fully saturated rings. The smallest absolute Gasteiger partial charge is 0.186 e. The molecule has 1 heterocycles. The minimum Gasteiger partial charge on any atom is -0.504 e. The van der Waals surface area contributed by atoms with Crippen LogP contribution in [0.5, 0.6) is 17.2 Å². The number of furan rings is 1. The number of ketones is 1. The molecule has 0 spiro atoms. The Morgan fingerprint density at radius 3 is 2.71 bits per heavy atom. The van der Waals surface area contributed by atoms with Gasteiger partial charge in [-0.3, -0.25) is 4.79 Å². The first-order chi connectivity index (χ1) is 13.5. The molecule has 0 aliphatic carbocycles. The lowest BCUT2D eigenvalue weighted by molar-refractivity contribution is 0.104. The second kappa shape index (κ2) is 8.87. The lowest BCUT2D eigenvalue weighted by atomic mass is 10.1. The maximum absolute atomic E-state index is 12.3. The van der Waals surface area contributed by atoms with Gasteiger partial charge in [0.25, 0.3) is 0 Å². The molecule has 3 rings (SSSR count). The normalized spacial score (nSPS) is 11.0. The Kier molecular flexibility index (Phi) is 6.29. The summed E-state index contributed by atoms with van der Waals surface area (Å²) in [7, 11) is 1.42. The summed E-state index contributed by atoms with van der Waals surface area (Å²) in [6.45, 7) is 0.164. The lowest BCUT2D eigenvalue weighted by Crippen LogP contribution is -1.95. The molecule has 0 bridgehead atoms. The van der Waals surface area contributed by atoms with Gasteiger partial charge in [-0.15, -0.1) is 0 Å². The van der Waals surface area contributed by atoms with Crippen molar-refractivity contribution in [3.05, 3.63) is 81.7 Å². The first-order valence-corrected chi connectivity index (χ1v) is 8.98. The van der Waals surface area contributed by atoms with E-state index in [2.05, 4.69) is 0 Å². The number of hydrogen-bond acceptors (Lipinski definition) is 5. The zero-order valence-electron chi connectivity index (χ0n) is 14.8. The van der Waals surface area contributed by atoms with Gasteiger partial charge in [0.15, 0.2) is 17.3 Å². The summed E-state index contributed by atoms with van der Waals surface area (Å²) < 4.78 is 16.2. The number of carbonyl (C=O) groups excluding carboxylic acids is 1. The third-order valence-corrected chi connectivity index (χ3v) is 4.36. The van der Waals surface area contributed by atoms with Gasteiger partial charge < -0.3 is 19.0 Å². The van der Waals surface area contributed by atoms with E-state index >= 15 is 0 Å². The average Bonchev–Trinajstić information content (AvgIpc) is 3.15. The van der Waals surface area contributed by atoms with Gasteiger partial charge >= 0.3 is 0 Å². The molecule has 0 saturated carbocycles. The number of carbonyl (C=O) groups is 1. The molecule has 0 aliphatic heterocycles. The van der Waals surface area contributed by atoms with Crippen LogP contribution in [0.1, 0.15) is 21.9 Å². The summed E-state index contributed by atoms with van der Waals surface area (Å²) in [5.74, 6) is 1.47. The predicted molar refractivity (Wildman–Crippen MR) is 108 cm³/mol. The van der Waals surface area contributed by atoms with Crippen molar-refractivity contribution >= 4 is 35.1 Å². The zero-order valence-corrected chi connectivity index (χ0v) is 16.3. The molecule has 1 aromatic heterocycles. The Morgan fingerprint density at radius 2 is 1.93 bits per heavy atom. The number of hydrogen-bond donors (Lipinski definition) is 1. The Balaban J connectivity index is 1.64. The molecule has 144 valence electrons. The standard InChI is InChI=1S/C21H16Cl2O5/c1-26-21-10-13(2-8-19(21)25)18(24)9-6-15-4-5-16(28-15)12-27-20-11-14(22)3-7-17(20)23/h2-11,25H,12H2,1H3/b9-6+. The monoisotopic (exact) mass is 418 g/mol. The van der Waals surface area contributed by atoms with E-state index in [1.165, 1.54) is 31.4 Å². The van der Waals surface area contributed by atoms with Gasteiger partial charge in [-0.2, -0.15) is 0 Å². The van der Waals surface area contributed by atoms with Crippen molar-refractivity contribution in [1.29, 1.82) is 0 Å². The number of rotatable bonds is 7. The molecule has 0 atom stereocenters. The Morgan fingerprint density at radius 1 is 1.11 bits per heavy atom. The molecule has 2 aromatic carbocycles. The second-order valence-corrected chi connectivity index (χ2v) is 6.60. The van der Waals surface area contributed by atoms with E-state index in [0.717, 1.165) is 0 Å². The van der Waals surface area contributed by atoms with Gasteiger partial charge in [-0.25, -0.2) is 0 Å². The van der Waals surface area contributed by atoms with Crippen LogP contribution >= 0.6 is 23.2 Å². The SMILES string of the molecule is COc1cc(C(=O)/C=C/c2ccc(COc3cc(Cl)ccc3Cl)o2)ccc1O. The van der Waals surface area contributed by atoms with Gasteiger partial charge in [-0.1, -0.05) is 23.2 Å². The van der Waals surface area contributed by atoms with Crippen LogP contribution in [0, 0.1) is 0 Å². The number of ether oxygens (including phenoxy) is 2. The third-order valence-electron chi connectivity index (χ3n) is 3.81. The van der Waals surface area contributed by atoms with E-state index in [0.29, 0.717) is 32.9 Å². The Labute approximate surface area is 171 Å². The van der Waals surface area contributed by atoms with E-state index in [-0.39, 0.29) is 23.9 Å². The molecule has 0 saturated heterocycles. The van der Waals surface area contributed by atoms with Crippen LogP contribution in [0.15, 0.2) is 59.0 Å². The molecular weight excluding hydrogens is 403 g/mol. The molecule has 1 N–H and O–H groups in total. The summed E-state index contributed by atoms with van der Waals surface area (Å²) >= 11 is 12.0. The van der Waals surface area contributed by atoms with Crippen molar-refractivity contribution in [2.24, 2.45) is 0 Å². The van der Waals surface area contributed by atoms with Gasteiger partial charge in [0.2, 0.25) is 0 Å². The summed E-state index contributed by atoms with van der Waals surface area (Å²) in [6.07, 6.45) is 2.93. The second-order valence-electron chi connectivity index (χ2n) is 5.75. The fourth-order valence-corrected chi connectivity index (χ4v) is 2.72. The highest BCUT2D eigenvalue weighted by Crippen LogP contribution is 2.29. The van der Waals surface area contributed by atoms with Crippen LogP contribution in [-0.2, 0) is 6.61 Å². The van der Waals surface area contributed by atoms with E-state index < -0.39 is 0 Å². The molecule has 28 heavy (non-hydrogen) atoms. The predicted octanol–water partition coefficient (Wildman–Crippen LogP) is 5.78. The number of phenols is 1. The van der Waals surface area contributed by atoms with Crippen molar-refractivity contribution in [2.75, 3.05) is 7.11 Å². The fraction of sp³-hybridized carbons (Fsp3) is 0.0952. The molecule has 7 heteroatoms. The van der Waals surface area contributed by atoms with Gasteiger partial charge in [0.1, 0.15) is 23.9 Å². The van der Waals surface area contributed by atoms with Crippen LogP contribution in [0.25, 0.3) is 6.08 Å². The summed E-state index contributed by atoms with van der Waals surface area (Å²) in [5, 5.41) is 10.6. The Hall–Kier alpha value is -2.89. The van der Waals surface area contributed by atoms with Crippen molar-refractivity contribution in [2.45, 2.75) is 6.61 Å². The minimum atomic E-state index is -0.252. The number of halogens is 2. The van der Waals surface area contributed by atoms with Crippen LogP contribution in [-0.4, -0.2) is 18.0 Å². The number of phenolic OH excluding ortho intramolecular Hbond substituents is 1. The van der Waals surface area contributed by atoms with Crippen LogP contribution in [0.2, 0.25) is 10.0 Å². The van der Waals surface area contributed by atoms with Crippen molar-refractivity contribution in [3.63, 3.8) is 0 Å². The average molecular weight is 419 g/mol. The molecule has 0 amide bonds. The van der Waals surface area contributed by atoms with Gasteiger partial charge in [-0.05, 0) is 54.6 Å². The van der Waals surface area contributed by atoms with E-state index in [1.54, 1.807) is 36.4 Å². The summed E-state index contributed by atoms with van der Waals surface area (Å²) in [6, 6.07) is 12.8. The molecule has 0 unspecified atom stereocenters. The quantitative estimate of drug-likeness (QED) is 0.389. The third kappa shape index (κ3) is 4.88. The molecule has 3 aromatic rings. The number of methoxy groups -OCH3 is 1. The first kappa shape index (κ1) is 19.9. The lowest BCUT2D eigenvalue weighted by Gasteiger charge is -2.06. The maximum atomic E-state index is 12.3. The number of benzene rings is 2. The van der Waals surface area contributed by atoms with Crippen molar-refractivity contribution in [1.82, 2.24) is 0 Å². The highest BCUT2D eigenvalue weighted by Gasteiger charge is 2.09. The highest BCUT2D eigenvalue weighted by atomic mass is 35.5. The van der Waals surface area contributed by atoms with Crippen molar-refractivity contribution in [3.8, 4) is 17.2 Å². The molecule has 5 nitrogen and oxygen atoms in total. The fourth-order valence-electron chi connectivity index (χ4n) is 2.38. The number of aromatic hydroxyl groups is 1. The molecule has 0 radical (unpaired) electrons. The van der Waals surface area contributed by atoms with Crippen LogP contribution < -0.4 is 9.47 Å². The zero-order chi connectivity index (χ0) is 20.1. The topological polar surface area (TPSA) is 68.9 Å². The number of allylic oxidation sites excluding steroid dienone is 1. The van der Waals surface area contributed by atoms with E-state index in [1.807, 2.05) is 0 Å². The summed E-state index contributed by atoms with van der Waals surface area (Å²) in [5.41, 5.74) is 0.386.